The zero-order valence-electron chi connectivity index (χ0n) is 36.8. The molecule has 0 spiro atoms. The van der Waals surface area contributed by atoms with Crippen LogP contribution in [0.3, 0.4) is 0 Å². The van der Waals surface area contributed by atoms with Crippen molar-refractivity contribution in [3.05, 3.63) is 225 Å². The number of carboxylic acid groups (broad SMARTS) is 1. The van der Waals surface area contributed by atoms with Gasteiger partial charge in [-0.05, 0) is 39.9 Å². The van der Waals surface area contributed by atoms with E-state index < -0.39 is 53.4 Å². The van der Waals surface area contributed by atoms with E-state index in [1.165, 1.54) is 51.1 Å². The largest absolute Gasteiger partial charge is 0.477 e. The lowest BCUT2D eigenvalue weighted by atomic mass is 9.77. The van der Waals surface area contributed by atoms with Crippen LogP contribution in [0.15, 0.2) is 201 Å². The molecule has 10 rings (SSSR count). The van der Waals surface area contributed by atoms with Crippen molar-refractivity contribution in [3.8, 4) is 0 Å². The molecule has 0 bridgehead atoms. The van der Waals surface area contributed by atoms with E-state index in [1.54, 1.807) is 5.38 Å². The molecular formula is C53H40N6O7S4. The Morgan fingerprint density at radius 1 is 0.771 bits per heavy atom. The number of benzene rings is 6. The van der Waals surface area contributed by atoms with Crippen LogP contribution < -0.4 is 10.6 Å². The minimum atomic E-state index is -1.27. The van der Waals surface area contributed by atoms with Gasteiger partial charge < -0.3 is 25.3 Å². The molecule has 6 aromatic carbocycles. The Labute approximate surface area is 418 Å². The number of nitrogens with one attached hydrogen (secondary N) is 2. The maximum atomic E-state index is 14.5. The Morgan fingerprint density at radius 2 is 1.33 bits per heavy atom. The van der Waals surface area contributed by atoms with Gasteiger partial charge in [-0.1, -0.05) is 181 Å². The van der Waals surface area contributed by atoms with Crippen molar-refractivity contribution in [1.29, 1.82) is 0 Å². The molecule has 2 amide bonds. The fourth-order valence-electron chi connectivity index (χ4n) is 8.36. The molecule has 0 radical (unpaired) electrons. The first kappa shape index (κ1) is 46.2. The summed E-state index contributed by atoms with van der Waals surface area (Å²) in [6.45, 7) is -0.669. The van der Waals surface area contributed by atoms with Crippen LogP contribution in [0.25, 0.3) is 10.2 Å². The molecule has 1 unspecified atom stereocenters. The van der Waals surface area contributed by atoms with Gasteiger partial charge in [0.05, 0.1) is 10.2 Å². The van der Waals surface area contributed by atoms with E-state index in [4.69, 9.17) is 14.6 Å². The molecule has 1 saturated heterocycles. The molecule has 2 atom stereocenters. The fraction of sp³-hybridized carbons (Fsp3) is 0.113. The molecule has 17 heteroatoms. The van der Waals surface area contributed by atoms with E-state index in [-0.39, 0.29) is 22.9 Å². The zero-order chi connectivity index (χ0) is 48.0. The van der Waals surface area contributed by atoms with Gasteiger partial charge in [0.25, 0.3) is 11.8 Å². The average Bonchev–Trinajstić information content (AvgIpc) is 4.05. The van der Waals surface area contributed by atoms with Crippen LogP contribution in [0.5, 0.6) is 0 Å². The van der Waals surface area contributed by atoms with Gasteiger partial charge >= 0.3 is 11.9 Å². The monoisotopic (exact) mass is 1000 g/mol. The van der Waals surface area contributed by atoms with Gasteiger partial charge in [-0.25, -0.2) is 19.6 Å². The molecule has 2 aliphatic heterocycles. The SMILES string of the molecule is O=C(CO/N=C(\C(=O)NC1C(=O)N2C(C(=O)O)=C(Sc3nc4ccccc4s3)CS[C@H]12)c1csc(NC(c2ccccc2)(c2ccccc2)c2ccccc2)n1)OC(c1ccccc1)c1ccccc1. The number of thiazole rings is 2. The Hall–Kier alpha value is -7.57. The number of aromatic nitrogens is 2. The predicted molar refractivity (Wildman–Crippen MR) is 273 cm³/mol. The number of carbonyl (C=O) groups excluding carboxylic acids is 3. The van der Waals surface area contributed by atoms with Gasteiger partial charge in [-0.15, -0.1) is 34.4 Å². The number of oxime groups is 1. The summed E-state index contributed by atoms with van der Waals surface area (Å²) in [5, 5.41) is 22.5. The summed E-state index contributed by atoms with van der Waals surface area (Å²) in [6.07, 6.45) is -0.748. The number of β-lactam (4-membered cyclic amide) rings is 1. The zero-order valence-corrected chi connectivity index (χ0v) is 40.1. The summed E-state index contributed by atoms with van der Waals surface area (Å²) >= 11 is 5.21. The number of aliphatic carboxylic acids is 1. The summed E-state index contributed by atoms with van der Waals surface area (Å²) in [5.41, 5.74) is 3.73. The first-order chi connectivity index (χ1) is 34.3. The van der Waals surface area contributed by atoms with Crippen LogP contribution >= 0.6 is 46.2 Å². The summed E-state index contributed by atoms with van der Waals surface area (Å²) in [5.74, 6) is -3.20. The summed E-state index contributed by atoms with van der Waals surface area (Å²) < 4.78 is 7.55. The number of ether oxygens (including phenoxy) is 1. The Balaban J connectivity index is 0.945. The first-order valence-corrected chi connectivity index (χ1v) is 25.5. The number of fused-ring (bicyclic) bond motifs is 2. The number of rotatable bonds is 17. The maximum absolute atomic E-state index is 14.5. The van der Waals surface area contributed by atoms with E-state index in [2.05, 4.69) is 20.8 Å². The van der Waals surface area contributed by atoms with Gasteiger partial charge in [0.15, 0.2) is 21.3 Å². The van der Waals surface area contributed by atoms with Crippen LogP contribution in [-0.2, 0) is 34.3 Å². The summed E-state index contributed by atoms with van der Waals surface area (Å²) in [6, 6.07) is 54.9. The second-order valence-corrected chi connectivity index (χ2v) is 20.2. The van der Waals surface area contributed by atoms with E-state index in [0.717, 1.165) is 38.0 Å². The third-order valence-electron chi connectivity index (χ3n) is 11.6. The maximum Gasteiger partial charge on any atom is 0.353 e. The van der Waals surface area contributed by atoms with Crippen molar-refractivity contribution in [2.45, 2.75) is 27.4 Å². The number of para-hydroxylation sites is 1. The first-order valence-electron chi connectivity index (χ1n) is 21.9. The highest BCUT2D eigenvalue weighted by atomic mass is 32.2. The number of nitrogens with zero attached hydrogens (tertiary/aromatic N) is 4. The second-order valence-electron chi connectivity index (χ2n) is 15.9. The minimum Gasteiger partial charge on any atom is -0.477 e. The van der Waals surface area contributed by atoms with Gasteiger partial charge in [0, 0.05) is 16.0 Å². The molecule has 0 saturated carbocycles. The summed E-state index contributed by atoms with van der Waals surface area (Å²) in [4.78, 5) is 71.7. The molecule has 2 aromatic heterocycles. The van der Waals surface area contributed by atoms with E-state index in [9.17, 15) is 24.3 Å². The van der Waals surface area contributed by atoms with Crippen molar-refractivity contribution in [2.75, 3.05) is 17.7 Å². The number of hydrogen-bond donors (Lipinski definition) is 3. The summed E-state index contributed by atoms with van der Waals surface area (Å²) in [7, 11) is 0. The van der Waals surface area contributed by atoms with Crippen LogP contribution in [0, 0.1) is 0 Å². The van der Waals surface area contributed by atoms with Gasteiger partial charge in [0.1, 0.15) is 28.3 Å². The van der Waals surface area contributed by atoms with Crippen LogP contribution in [0.2, 0.25) is 0 Å². The minimum absolute atomic E-state index is 0.0912. The highest BCUT2D eigenvalue weighted by molar-refractivity contribution is 8.07. The quantitative estimate of drug-likeness (QED) is 0.0260. The van der Waals surface area contributed by atoms with Crippen molar-refractivity contribution in [2.24, 2.45) is 5.16 Å². The number of thioether (sulfide) groups is 2. The van der Waals surface area contributed by atoms with Gasteiger partial charge in [-0.2, -0.15) is 0 Å². The third-order valence-corrected chi connectivity index (χ3v) is 16.0. The van der Waals surface area contributed by atoms with Crippen LogP contribution in [0.1, 0.15) is 39.6 Å². The number of hydrogen-bond acceptors (Lipinski definition) is 14. The van der Waals surface area contributed by atoms with Gasteiger partial charge in [-0.3, -0.25) is 14.5 Å². The lowest BCUT2D eigenvalue weighted by Gasteiger charge is -2.49. The smallest absolute Gasteiger partial charge is 0.353 e. The Bertz CT molecular complexity index is 3080. The second kappa shape index (κ2) is 20.6. The molecular weight excluding hydrogens is 961 g/mol. The topological polar surface area (TPSA) is 172 Å². The molecule has 13 nitrogen and oxygen atoms in total. The fourth-order valence-corrected chi connectivity index (χ4v) is 12.8. The molecule has 8 aromatic rings. The standard InChI is InChI=1S/C53H40N6O7S4/c60-42(66-46(33-18-6-1-7-19-33)34-20-8-2-9-21-34)30-65-58-43(39-31-68-51(54-39)57-53(35-22-10-3-11-23-35,36-24-12-4-13-25-36)37-26-14-5-15-27-37)47(61)56-44-48(62)59-45(50(63)64)41(32-67-49(44)59)70-52-55-38-28-16-17-29-40(38)69-52/h1-29,31,44,46,49H,30,32H2,(H,54,57)(H,56,61)(H,63,64)/b58-43-/t44?,49-/m1/s1. The highest BCUT2D eigenvalue weighted by Gasteiger charge is 2.55. The molecule has 70 heavy (non-hydrogen) atoms. The number of amides is 2. The number of anilines is 1. The van der Waals surface area contributed by atoms with Crippen LogP contribution in [0.4, 0.5) is 5.13 Å². The van der Waals surface area contributed by atoms with Crippen molar-refractivity contribution >= 4 is 91.0 Å². The van der Waals surface area contributed by atoms with Crippen molar-refractivity contribution < 1.29 is 33.9 Å². The lowest BCUT2D eigenvalue weighted by Crippen LogP contribution is -2.71. The van der Waals surface area contributed by atoms with E-state index in [1.807, 2.05) is 176 Å². The van der Waals surface area contributed by atoms with E-state index >= 15 is 0 Å². The molecule has 2 aliphatic rings. The molecule has 348 valence electrons. The van der Waals surface area contributed by atoms with E-state index in [0.29, 0.717) is 14.4 Å². The predicted octanol–water partition coefficient (Wildman–Crippen LogP) is 9.70. The Morgan fingerprint density at radius 3 is 1.90 bits per heavy atom. The van der Waals surface area contributed by atoms with Crippen LogP contribution in [-0.4, -0.2) is 73.2 Å². The number of carbonyl (C=O) groups is 4. The molecule has 4 heterocycles. The molecule has 3 N–H and O–H groups in total. The van der Waals surface area contributed by atoms with Crippen molar-refractivity contribution in [1.82, 2.24) is 20.2 Å². The molecule has 0 aliphatic carbocycles. The lowest BCUT2D eigenvalue weighted by molar-refractivity contribution is -0.153. The normalized spacial score (nSPS) is 15.8. The Kier molecular flexibility index (Phi) is 13.6. The highest BCUT2D eigenvalue weighted by Crippen LogP contribution is 2.47. The third kappa shape index (κ3) is 9.43. The van der Waals surface area contributed by atoms with Crippen molar-refractivity contribution in [3.63, 3.8) is 0 Å². The van der Waals surface area contributed by atoms with Gasteiger partial charge in [0.2, 0.25) is 6.61 Å². The number of carboxylic acids is 1. The molecule has 1 fully saturated rings. The number of esters is 1. The average molecular weight is 1000 g/mol.